The summed E-state index contributed by atoms with van der Waals surface area (Å²) in [5.74, 6) is 0. The minimum absolute atomic E-state index is 0.0208. The summed E-state index contributed by atoms with van der Waals surface area (Å²) in [5, 5.41) is 25.0. The molecular weight excluding hydrogens is 258 g/mol. The molecule has 1 heterocycles. The number of nitrogens with one attached hydrogen (secondary N) is 1. The molecular formula is C14H17N3O3. The number of hydrogen-bond donors (Lipinski definition) is 2. The molecule has 2 aromatic rings. The smallest absolute Gasteiger partial charge is 0.278 e. The normalized spacial score (nSPS) is 13.9. The van der Waals surface area contributed by atoms with Crippen molar-refractivity contribution in [3.63, 3.8) is 0 Å². The molecule has 0 bridgehead atoms. The van der Waals surface area contributed by atoms with Crippen molar-refractivity contribution in [2.45, 2.75) is 25.8 Å². The summed E-state index contributed by atoms with van der Waals surface area (Å²) in [7, 11) is 0. The van der Waals surface area contributed by atoms with Gasteiger partial charge >= 0.3 is 0 Å². The summed E-state index contributed by atoms with van der Waals surface area (Å²) < 4.78 is 0. The summed E-state index contributed by atoms with van der Waals surface area (Å²) in [5.41, 5.74) is 0.319. The summed E-state index contributed by atoms with van der Waals surface area (Å²) in [6.07, 6.45) is 3.81. The highest BCUT2D eigenvalue weighted by Crippen LogP contribution is 2.32. The zero-order valence-electron chi connectivity index (χ0n) is 11.5. The molecule has 1 unspecified atom stereocenters. The molecule has 0 radical (unpaired) electrons. The minimum atomic E-state index is -0.466. The highest BCUT2D eigenvalue weighted by Gasteiger charge is 2.22. The first-order valence-corrected chi connectivity index (χ1v) is 6.41. The van der Waals surface area contributed by atoms with Gasteiger partial charge in [0.2, 0.25) is 0 Å². The van der Waals surface area contributed by atoms with Gasteiger partial charge in [0.15, 0.2) is 0 Å². The van der Waals surface area contributed by atoms with Crippen LogP contribution in [-0.4, -0.2) is 27.2 Å². The molecule has 106 valence electrons. The predicted molar refractivity (Wildman–Crippen MR) is 77.8 cm³/mol. The SMILES string of the molecule is CCC(C)(CO)Nc1ccc([N+](=O)[O-])c2cnccc12. The van der Waals surface area contributed by atoms with Crippen LogP contribution in [0.15, 0.2) is 30.6 Å². The zero-order chi connectivity index (χ0) is 14.8. The number of aliphatic hydroxyl groups excluding tert-OH is 1. The summed E-state index contributed by atoms with van der Waals surface area (Å²) in [4.78, 5) is 14.6. The van der Waals surface area contributed by atoms with E-state index in [2.05, 4.69) is 10.3 Å². The molecule has 1 atom stereocenters. The van der Waals surface area contributed by atoms with Crippen molar-refractivity contribution in [2.24, 2.45) is 0 Å². The van der Waals surface area contributed by atoms with Gasteiger partial charge in [-0.3, -0.25) is 15.1 Å². The molecule has 0 saturated carbocycles. The number of hydrogen-bond acceptors (Lipinski definition) is 5. The molecule has 0 spiro atoms. The van der Waals surface area contributed by atoms with Crippen LogP contribution in [0.4, 0.5) is 11.4 Å². The third kappa shape index (κ3) is 2.55. The number of aliphatic hydroxyl groups is 1. The molecule has 6 heteroatoms. The molecule has 0 fully saturated rings. The van der Waals surface area contributed by atoms with E-state index < -0.39 is 10.5 Å². The average Bonchev–Trinajstić information content (AvgIpc) is 2.47. The Morgan fingerprint density at radius 1 is 1.40 bits per heavy atom. The second-order valence-electron chi connectivity index (χ2n) is 5.01. The Kier molecular flexibility index (Phi) is 3.85. The number of nitro groups is 1. The van der Waals surface area contributed by atoms with Crippen molar-refractivity contribution in [3.8, 4) is 0 Å². The van der Waals surface area contributed by atoms with Crippen molar-refractivity contribution in [1.82, 2.24) is 4.98 Å². The maximum Gasteiger partial charge on any atom is 0.278 e. The molecule has 0 aliphatic rings. The van der Waals surface area contributed by atoms with Gasteiger partial charge in [-0.1, -0.05) is 6.92 Å². The first-order valence-electron chi connectivity index (χ1n) is 6.41. The molecule has 0 aliphatic carbocycles. The fourth-order valence-electron chi connectivity index (χ4n) is 2.01. The van der Waals surface area contributed by atoms with Crippen LogP contribution in [0.3, 0.4) is 0 Å². The van der Waals surface area contributed by atoms with Gasteiger partial charge in [0.25, 0.3) is 5.69 Å². The molecule has 0 saturated heterocycles. The summed E-state index contributed by atoms with van der Waals surface area (Å²) in [6.45, 7) is 3.85. The molecule has 0 aliphatic heterocycles. The van der Waals surface area contributed by atoms with Gasteiger partial charge in [0.05, 0.1) is 22.5 Å². The number of pyridine rings is 1. The maximum atomic E-state index is 11.0. The van der Waals surface area contributed by atoms with Crippen LogP contribution in [0.2, 0.25) is 0 Å². The second kappa shape index (κ2) is 5.42. The quantitative estimate of drug-likeness (QED) is 0.647. The number of rotatable bonds is 5. The number of benzene rings is 1. The molecule has 0 amide bonds. The largest absolute Gasteiger partial charge is 0.394 e. The maximum absolute atomic E-state index is 11.0. The highest BCUT2D eigenvalue weighted by molar-refractivity contribution is 5.99. The zero-order valence-corrected chi connectivity index (χ0v) is 11.5. The summed E-state index contributed by atoms with van der Waals surface area (Å²) >= 11 is 0. The van der Waals surface area contributed by atoms with Crippen molar-refractivity contribution < 1.29 is 10.0 Å². The second-order valence-corrected chi connectivity index (χ2v) is 5.01. The van der Waals surface area contributed by atoms with Crippen LogP contribution < -0.4 is 5.32 Å². The molecule has 2 N–H and O–H groups in total. The van der Waals surface area contributed by atoms with E-state index >= 15 is 0 Å². The number of nitro benzene ring substituents is 1. The fourth-order valence-corrected chi connectivity index (χ4v) is 2.01. The van der Waals surface area contributed by atoms with Gasteiger partial charge in [-0.25, -0.2) is 0 Å². The number of anilines is 1. The van der Waals surface area contributed by atoms with Gasteiger partial charge in [-0.05, 0) is 25.5 Å². The number of non-ortho nitro benzene ring substituents is 1. The van der Waals surface area contributed by atoms with Crippen LogP contribution in [0.5, 0.6) is 0 Å². The van der Waals surface area contributed by atoms with Gasteiger partial charge in [-0.2, -0.15) is 0 Å². The van der Waals surface area contributed by atoms with E-state index in [-0.39, 0.29) is 12.3 Å². The minimum Gasteiger partial charge on any atom is -0.394 e. The van der Waals surface area contributed by atoms with Crippen molar-refractivity contribution in [1.29, 1.82) is 0 Å². The third-order valence-corrected chi connectivity index (χ3v) is 3.56. The number of nitrogens with zero attached hydrogens (tertiary/aromatic N) is 2. The van der Waals surface area contributed by atoms with E-state index in [0.29, 0.717) is 5.39 Å². The fraction of sp³-hybridized carbons (Fsp3) is 0.357. The van der Waals surface area contributed by atoms with Crippen molar-refractivity contribution in [3.05, 3.63) is 40.7 Å². The standard InChI is InChI=1S/C14H17N3O3/c1-3-14(2,9-18)16-12-4-5-13(17(19)20)11-8-15-7-6-10(11)12/h4-8,16,18H,3,9H2,1-2H3. The lowest BCUT2D eigenvalue weighted by molar-refractivity contribution is -0.383. The van der Waals surface area contributed by atoms with E-state index in [0.717, 1.165) is 17.5 Å². The van der Waals surface area contributed by atoms with Crippen LogP contribution >= 0.6 is 0 Å². The van der Waals surface area contributed by atoms with Crippen LogP contribution in [0.1, 0.15) is 20.3 Å². The molecule has 20 heavy (non-hydrogen) atoms. The van der Waals surface area contributed by atoms with Crippen molar-refractivity contribution in [2.75, 3.05) is 11.9 Å². The number of aromatic nitrogens is 1. The average molecular weight is 275 g/mol. The topological polar surface area (TPSA) is 88.3 Å². The van der Waals surface area contributed by atoms with Crippen LogP contribution in [0.25, 0.3) is 10.8 Å². The third-order valence-electron chi connectivity index (χ3n) is 3.56. The first-order chi connectivity index (χ1) is 9.50. The predicted octanol–water partition coefficient (Wildman–Crippen LogP) is 2.72. The number of fused-ring (bicyclic) bond motifs is 1. The van der Waals surface area contributed by atoms with Gasteiger partial charge in [0.1, 0.15) is 0 Å². The molecule has 1 aromatic heterocycles. The lowest BCUT2D eigenvalue weighted by Crippen LogP contribution is -2.38. The van der Waals surface area contributed by atoms with Crippen LogP contribution in [0, 0.1) is 10.1 Å². The van der Waals surface area contributed by atoms with E-state index in [1.165, 1.54) is 12.3 Å². The van der Waals surface area contributed by atoms with Crippen molar-refractivity contribution >= 4 is 22.1 Å². The lowest BCUT2D eigenvalue weighted by Gasteiger charge is -2.29. The first kappa shape index (κ1) is 14.2. The van der Waals surface area contributed by atoms with E-state index in [1.54, 1.807) is 18.3 Å². The van der Waals surface area contributed by atoms with E-state index in [4.69, 9.17) is 0 Å². The Morgan fingerprint density at radius 3 is 2.75 bits per heavy atom. The molecule has 6 nitrogen and oxygen atoms in total. The van der Waals surface area contributed by atoms with Gasteiger partial charge in [0, 0.05) is 29.5 Å². The molecule has 2 rings (SSSR count). The lowest BCUT2D eigenvalue weighted by atomic mass is 9.98. The monoisotopic (exact) mass is 275 g/mol. The Labute approximate surface area is 116 Å². The van der Waals surface area contributed by atoms with E-state index in [1.807, 2.05) is 13.8 Å². The molecule has 1 aromatic carbocycles. The highest BCUT2D eigenvalue weighted by atomic mass is 16.6. The summed E-state index contributed by atoms with van der Waals surface area (Å²) in [6, 6.07) is 4.86. The Hall–Kier alpha value is -2.21. The van der Waals surface area contributed by atoms with E-state index in [9.17, 15) is 15.2 Å². The Balaban J connectivity index is 2.56. The van der Waals surface area contributed by atoms with Gasteiger partial charge < -0.3 is 10.4 Å². The Morgan fingerprint density at radius 2 is 2.15 bits per heavy atom. The van der Waals surface area contributed by atoms with Gasteiger partial charge in [-0.15, -0.1) is 0 Å². The van der Waals surface area contributed by atoms with Crippen LogP contribution in [-0.2, 0) is 0 Å². The Bertz CT molecular complexity index is 639.